The van der Waals surface area contributed by atoms with Crippen molar-refractivity contribution >= 4 is 11.7 Å². The number of primary amides is 1. The first-order valence-electron chi connectivity index (χ1n) is 5.40. The van der Waals surface area contributed by atoms with E-state index in [4.69, 9.17) is 10.5 Å². The van der Waals surface area contributed by atoms with Gasteiger partial charge in [-0.3, -0.25) is 4.98 Å². The lowest BCUT2D eigenvalue weighted by molar-refractivity contribution is 0.259. The normalized spacial score (nSPS) is 9.83. The fraction of sp³-hybridized carbons (Fsp3) is 0.0769. The highest BCUT2D eigenvalue weighted by molar-refractivity contribution is 5.87. The second-order valence-electron chi connectivity index (χ2n) is 3.75. The number of aromatic nitrogens is 1. The molecule has 1 heterocycles. The molecule has 1 aromatic carbocycles. The molecular formula is C13H13N3O2. The predicted molar refractivity (Wildman–Crippen MR) is 68.7 cm³/mol. The number of rotatable bonds is 3. The zero-order valence-corrected chi connectivity index (χ0v) is 9.88. The van der Waals surface area contributed by atoms with Gasteiger partial charge >= 0.3 is 6.03 Å². The van der Waals surface area contributed by atoms with Crippen LogP contribution in [0.15, 0.2) is 42.6 Å². The summed E-state index contributed by atoms with van der Waals surface area (Å²) in [4.78, 5) is 14.8. The van der Waals surface area contributed by atoms with Gasteiger partial charge in [-0.25, -0.2) is 4.79 Å². The van der Waals surface area contributed by atoms with Crippen LogP contribution in [0.4, 0.5) is 10.5 Å². The minimum absolute atomic E-state index is 0.591. The molecule has 0 saturated heterocycles. The third-order valence-electron chi connectivity index (χ3n) is 2.24. The molecule has 5 nitrogen and oxygen atoms in total. The van der Waals surface area contributed by atoms with E-state index in [0.29, 0.717) is 17.2 Å². The van der Waals surface area contributed by atoms with E-state index in [-0.39, 0.29) is 0 Å². The molecule has 0 spiro atoms. The van der Waals surface area contributed by atoms with Crippen molar-refractivity contribution < 1.29 is 9.53 Å². The summed E-state index contributed by atoms with van der Waals surface area (Å²) in [7, 11) is 0. The zero-order valence-electron chi connectivity index (χ0n) is 9.88. The quantitative estimate of drug-likeness (QED) is 0.870. The minimum atomic E-state index is -0.591. The van der Waals surface area contributed by atoms with Crippen molar-refractivity contribution in [3.63, 3.8) is 0 Å². The molecule has 0 aliphatic heterocycles. The van der Waals surface area contributed by atoms with Crippen molar-refractivity contribution in [1.82, 2.24) is 4.98 Å². The first kappa shape index (κ1) is 11.9. The fourth-order valence-corrected chi connectivity index (χ4v) is 1.40. The van der Waals surface area contributed by atoms with E-state index >= 15 is 0 Å². The third-order valence-corrected chi connectivity index (χ3v) is 2.24. The minimum Gasteiger partial charge on any atom is -0.456 e. The van der Waals surface area contributed by atoms with Crippen molar-refractivity contribution in [2.45, 2.75) is 6.92 Å². The first-order valence-corrected chi connectivity index (χ1v) is 5.40. The summed E-state index contributed by atoms with van der Waals surface area (Å²) in [6, 6.07) is 10.0. The molecule has 0 aliphatic rings. The van der Waals surface area contributed by atoms with Gasteiger partial charge in [-0.1, -0.05) is 0 Å². The number of nitrogens with two attached hydrogens (primary N) is 1. The van der Waals surface area contributed by atoms with E-state index < -0.39 is 6.03 Å². The van der Waals surface area contributed by atoms with Gasteiger partial charge in [-0.05, 0) is 43.3 Å². The van der Waals surface area contributed by atoms with Crippen LogP contribution in [0.3, 0.4) is 0 Å². The molecule has 0 bridgehead atoms. The SMILES string of the molecule is Cc1ccc(Oc2ccc(NC(N)=O)cc2)cn1. The standard InChI is InChI=1S/C13H13N3O2/c1-9-2-5-12(8-15-9)18-11-6-3-10(4-7-11)16-13(14)17/h2-8H,1H3,(H3,14,16,17). The number of carbonyl (C=O) groups excluding carboxylic acids is 1. The Morgan fingerprint density at radius 3 is 2.39 bits per heavy atom. The number of hydrogen-bond donors (Lipinski definition) is 2. The fourth-order valence-electron chi connectivity index (χ4n) is 1.40. The second-order valence-corrected chi connectivity index (χ2v) is 3.75. The van der Waals surface area contributed by atoms with E-state index in [1.807, 2.05) is 19.1 Å². The number of ether oxygens (including phenoxy) is 1. The number of carbonyl (C=O) groups is 1. The number of nitrogens with zero attached hydrogens (tertiary/aromatic N) is 1. The predicted octanol–water partition coefficient (Wildman–Crippen LogP) is 2.67. The number of nitrogens with one attached hydrogen (secondary N) is 1. The van der Waals surface area contributed by atoms with Gasteiger partial charge in [-0.2, -0.15) is 0 Å². The Hall–Kier alpha value is -2.56. The highest BCUT2D eigenvalue weighted by atomic mass is 16.5. The van der Waals surface area contributed by atoms with Crippen LogP contribution < -0.4 is 15.8 Å². The molecule has 0 saturated carbocycles. The van der Waals surface area contributed by atoms with Crippen LogP contribution in [0.2, 0.25) is 0 Å². The maximum Gasteiger partial charge on any atom is 0.316 e. The highest BCUT2D eigenvalue weighted by Crippen LogP contribution is 2.22. The second kappa shape index (κ2) is 5.18. The number of urea groups is 1. The Morgan fingerprint density at radius 2 is 1.83 bits per heavy atom. The van der Waals surface area contributed by atoms with Gasteiger partial charge in [0.05, 0.1) is 6.20 Å². The molecule has 0 fully saturated rings. The van der Waals surface area contributed by atoms with E-state index in [1.54, 1.807) is 30.5 Å². The van der Waals surface area contributed by atoms with Crippen molar-refractivity contribution in [3.05, 3.63) is 48.3 Å². The number of pyridine rings is 1. The van der Waals surface area contributed by atoms with Crippen LogP contribution in [0.1, 0.15) is 5.69 Å². The molecule has 0 radical (unpaired) electrons. The molecule has 2 amide bonds. The zero-order chi connectivity index (χ0) is 13.0. The van der Waals surface area contributed by atoms with Crippen LogP contribution in [0.25, 0.3) is 0 Å². The smallest absolute Gasteiger partial charge is 0.316 e. The van der Waals surface area contributed by atoms with Gasteiger partial charge in [0.1, 0.15) is 11.5 Å². The number of benzene rings is 1. The molecule has 0 unspecified atom stereocenters. The van der Waals surface area contributed by atoms with E-state index in [1.165, 1.54) is 0 Å². The van der Waals surface area contributed by atoms with Gasteiger partial charge < -0.3 is 15.8 Å². The molecule has 92 valence electrons. The van der Waals surface area contributed by atoms with Crippen molar-refractivity contribution in [1.29, 1.82) is 0 Å². The summed E-state index contributed by atoms with van der Waals surface area (Å²) >= 11 is 0. The number of anilines is 1. The number of amides is 2. The molecule has 5 heteroatoms. The first-order chi connectivity index (χ1) is 8.63. The molecular weight excluding hydrogens is 230 g/mol. The van der Waals surface area contributed by atoms with Gasteiger partial charge in [0.2, 0.25) is 0 Å². The molecule has 0 atom stereocenters. The summed E-state index contributed by atoms with van der Waals surface area (Å²) in [5.41, 5.74) is 6.57. The number of hydrogen-bond acceptors (Lipinski definition) is 3. The largest absolute Gasteiger partial charge is 0.456 e. The van der Waals surface area contributed by atoms with E-state index in [9.17, 15) is 4.79 Å². The number of aryl methyl sites for hydroxylation is 1. The molecule has 18 heavy (non-hydrogen) atoms. The highest BCUT2D eigenvalue weighted by Gasteiger charge is 1.99. The topological polar surface area (TPSA) is 77.2 Å². The Kier molecular flexibility index (Phi) is 3.43. The summed E-state index contributed by atoms with van der Waals surface area (Å²) in [6.45, 7) is 1.91. The lowest BCUT2D eigenvalue weighted by Gasteiger charge is -2.06. The molecule has 2 aromatic rings. The Morgan fingerprint density at radius 1 is 1.17 bits per heavy atom. The Balaban J connectivity index is 2.06. The van der Waals surface area contributed by atoms with Crippen LogP contribution in [-0.4, -0.2) is 11.0 Å². The lowest BCUT2D eigenvalue weighted by atomic mass is 10.3. The summed E-state index contributed by atoms with van der Waals surface area (Å²) in [5, 5.41) is 2.47. The molecule has 3 N–H and O–H groups in total. The maximum absolute atomic E-state index is 10.6. The van der Waals surface area contributed by atoms with Gasteiger partial charge in [-0.15, -0.1) is 0 Å². The Bertz CT molecular complexity index is 535. The van der Waals surface area contributed by atoms with Crippen LogP contribution in [-0.2, 0) is 0 Å². The third kappa shape index (κ3) is 3.21. The maximum atomic E-state index is 10.6. The summed E-state index contributed by atoms with van der Waals surface area (Å²) in [5.74, 6) is 1.33. The summed E-state index contributed by atoms with van der Waals surface area (Å²) < 4.78 is 5.59. The van der Waals surface area contributed by atoms with Crippen molar-refractivity contribution in [2.24, 2.45) is 5.73 Å². The van der Waals surface area contributed by atoms with Gasteiger partial charge in [0, 0.05) is 11.4 Å². The monoisotopic (exact) mass is 243 g/mol. The van der Waals surface area contributed by atoms with Gasteiger partial charge in [0.15, 0.2) is 0 Å². The van der Waals surface area contributed by atoms with Crippen LogP contribution in [0.5, 0.6) is 11.5 Å². The van der Waals surface area contributed by atoms with E-state index in [2.05, 4.69) is 10.3 Å². The lowest BCUT2D eigenvalue weighted by Crippen LogP contribution is -2.19. The molecule has 2 rings (SSSR count). The van der Waals surface area contributed by atoms with E-state index in [0.717, 1.165) is 5.69 Å². The average Bonchev–Trinajstić information content (AvgIpc) is 2.34. The Labute approximate surface area is 105 Å². The summed E-state index contributed by atoms with van der Waals surface area (Å²) in [6.07, 6.45) is 1.66. The van der Waals surface area contributed by atoms with Crippen LogP contribution >= 0.6 is 0 Å². The average molecular weight is 243 g/mol. The van der Waals surface area contributed by atoms with Crippen LogP contribution in [0, 0.1) is 6.92 Å². The molecule has 0 aliphatic carbocycles. The van der Waals surface area contributed by atoms with Gasteiger partial charge in [0.25, 0.3) is 0 Å². The molecule has 1 aromatic heterocycles. The van der Waals surface area contributed by atoms with Crippen molar-refractivity contribution in [2.75, 3.05) is 5.32 Å². The van der Waals surface area contributed by atoms with Crippen molar-refractivity contribution in [3.8, 4) is 11.5 Å².